The highest BCUT2D eigenvalue weighted by molar-refractivity contribution is 5.85. The number of hydrogen-bond donors (Lipinski definition) is 2. The van der Waals surface area contributed by atoms with Crippen LogP contribution in [-0.4, -0.2) is 43.6 Å². The van der Waals surface area contributed by atoms with Crippen molar-refractivity contribution in [3.8, 4) is 5.75 Å². The van der Waals surface area contributed by atoms with Crippen LogP contribution in [0, 0.1) is 5.41 Å². The van der Waals surface area contributed by atoms with E-state index in [1.807, 2.05) is 24.3 Å². The van der Waals surface area contributed by atoms with Gasteiger partial charge in [0.2, 0.25) is 5.91 Å². The number of carbonyl (C=O) groups is 1. The van der Waals surface area contributed by atoms with Crippen molar-refractivity contribution < 1.29 is 9.53 Å². The second kappa shape index (κ2) is 8.52. The van der Waals surface area contributed by atoms with Crippen LogP contribution in [0.25, 0.3) is 0 Å². The van der Waals surface area contributed by atoms with Crippen LogP contribution in [0.15, 0.2) is 24.3 Å². The first-order valence-corrected chi connectivity index (χ1v) is 7.78. The lowest BCUT2D eigenvalue weighted by molar-refractivity contribution is -0.123. The highest BCUT2D eigenvalue weighted by Crippen LogP contribution is 2.27. The van der Waals surface area contributed by atoms with Gasteiger partial charge in [-0.05, 0) is 29.5 Å². The third kappa shape index (κ3) is 5.68. The molecule has 0 saturated carbocycles. The maximum atomic E-state index is 12.1. The first-order valence-electron chi connectivity index (χ1n) is 7.78. The number of rotatable bonds is 5. The van der Waals surface area contributed by atoms with Crippen LogP contribution in [-0.2, 0) is 11.3 Å². The molecule has 1 aliphatic heterocycles. The van der Waals surface area contributed by atoms with Gasteiger partial charge in [-0.25, -0.2) is 0 Å². The topological polar surface area (TPSA) is 67.6 Å². The zero-order valence-electron chi connectivity index (χ0n) is 14.2. The van der Waals surface area contributed by atoms with Crippen molar-refractivity contribution >= 4 is 18.3 Å². The van der Waals surface area contributed by atoms with Gasteiger partial charge in [0, 0.05) is 25.7 Å². The molecule has 1 aromatic rings. The van der Waals surface area contributed by atoms with Gasteiger partial charge in [-0.3, -0.25) is 9.69 Å². The third-order valence-corrected chi connectivity index (χ3v) is 4.38. The van der Waals surface area contributed by atoms with Gasteiger partial charge in [0.25, 0.3) is 0 Å². The molecule has 0 aliphatic carbocycles. The Balaban J connectivity index is 0.00000264. The van der Waals surface area contributed by atoms with E-state index in [-0.39, 0.29) is 29.8 Å². The van der Waals surface area contributed by atoms with E-state index >= 15 is 0 Å². The molecular weight excluding hydrogens is 314 g/mol. The van der Waals surface area contributed by atoms with Crippen LogP contribution in [0.3, 0.4) is 0 Å². The number of amides is 1. The summed E-state index contributed by atoms with van der Waals surface area (Å²) in [6.07, 6.45) is 0.941. The summed E-state index contributed by atoms with van der Waals surface area (Å²) >= 11 is 0. The molecular formula is C17H28ClN3O2. The summed E-state index contributed by atoms with van der Waals surface area (Å²) < 4.78 is 5.18. The number of halogens is 1. The van der Waals surface area contributed by atoms with E-state index in [1.54, 1.807) is 7.11 Å². The molecule has 0 aromatic heterocycles. The molecule has 130 valence electrons. The number of nitrogens with two attached hydrogens (primary N) is 1. The Kier molecular flexibility index (Phi) is 7.32. The van der Waals surface area contributed by atoms with Crippen molar-refractivity contribution in [3.05, 3.63) is 29.8 Å². The Morgan fingerprint density at radius 3 is 2.87 bits per heavy atom. The summed E-state index contributed by atoms with van der Waals surface area (Å²) in [5.74, 6) is 0.854. The van der Waals surface area contributed by atoms with Gasteiger partial charge >= 0.3 is 0 Å². The largest absolute Gasteiger partial charge is 0.497 e. The Morgan fingerprint density at radius 2 is 2.22 bits per heavy atom. The maximum Gasteiger partial charge on any atom is 0.234 e. The fourth-order valence-electron chi connectivity index (χ4n) is 2.86. The molecule has 0 spiro atoms. The molecule has 1 atom stereocenters. The van der Waals surface area contributed by atoms with Crippen LogP contribution < -0.4 is 15.8 Å². The Labute approximate surface area is 145 Å². The van der Waals surface area contributed by atoms with Gasteiger partial charge in [-0.15, -0.1) is 12.4 Å². The Hall–Kier alpha value is -1.30. The van der Waals surface area contributed by atoms with Crippen molar-refractivity contribution in [2.24, 2.45) is 11.1 Å². The van der Waals surface area contributed by atoms with E-state index in [2.05, 4.69) is 24.1 Å². The van der Waals surface area contributed by atoms with Gasteiger partial charge in [0.05, 0.1) is 13.7 Å². The fraction of sp³-hybridized carbons (Fsp3) is 0.588. The highest BCUT2D eigenvalue weighted by Gasteiger charge is 2.33. The summed E-state index contributed by atoms with van der Waals surface area (Å²) in [6, 6.07) is 7.94. The van der Waals surface area contributed by atoms with Crippen LogP contribution >= 0.6 is 12.4 Å². The highest BCUT2D eigenvalue weighted by atomic mass is 35.5. The number of benzene rings is 1. The minimum Gasteiger partial charge on any atom is -0.497 e. The van der Waals surface area contributed by atoms with Gasteiger partial charge < -0.3 is 15.8 Å². The number of methoxy groups -OCH3 is 1. The second-order valence-corrected chi connectivity index (χ2v) is 6.72. The summed E-state index contributed by atoms with van der Waals surface area (Å²) in [7, 11) is 1.64. The van der Waals surface area contributed by atoms with E-state index < -0.39 is 0 Å². The standard InChI is InChI=1S/C17H27N3O2.ClH/c1-17(2)12-20(8-7-15(17)18)11-16(21)19-10-13-5-4-6-14(9-13)22-3;/h4-6,9,15H,7-8,10-12,18H2,1-3H3,(H,19,21);1H. The predicted molar refractivity (Wildman–Crippen MR) is 94.9 cm³/mol. The molecule has 1 aliphatic rings. The van der Waals surface area contributed by atoms with Crippen LogP contribution in [0.1, 0.15) is 25.8 Å². The minimum atomic E-state index is 0. The van der Waals surface area contributed by atoms with E-state index in [0.717, 1.165) is 30.8 Å². The predicted octanol–water partition coefficient (Wildman–Crippen LogP) is 1.79. The van der Waals surface area contributed by atoms with Crippen molar-refractivity contribution in [3.63, 3.8) is 0 Å². The number of nitrogens with zero attached hydrogens (tertiary/aromatic N) is 1. The van der Waals surface area contributed by atoms with Gasteiger partial charge in [0.1, 0.15) is 5.75 Å². The smallest absolute Gasteiger partial charge is 0.234 e. The average Bonchev–Trinajstić information content (AvgIpc) is 2.49. The maximum absolute atomic E-state index is 12.1. The molecule has 1 saturated heterocycles. The third-order valence-electron chi connectivity index (χ3n) is 4.38. The van der Waals surface area contributed by atoms with E-state index in [4.69, 9.17) is 10.5 Å². The van der Waals surface area contributed by atoms with E-state index in [1.165, 1.54) is 0 Å². The molecule has 23 heavy (non-hydrogen) atoms. The molecule has 1 aromatic carbocycles. The molecule has 3 N–H and O–H groups in total. The SMILES string of the molecule is COc1cccc(CNC(=O)CN2CCC(N)C(C)(C)C2)c1.Cl. The summed E-state index contributed by atoms with van der Waals surface area (Å²) in [4.78, 5) is 14.3. The zero-order chi connectivity index (χ0) is 16.2. The van der Waals surface area contributed by atoms with Crippen molar-refractivity contribution in [2.75, 3.05) is 26.7 Å². The lowest BCUT2D eigenvalue weighted by Gasteiger charge is -2.42. The van der Waals surface area contributed by atoms with E-state index in [9.17, 15) is 4.79 Å². The molecule has 1 unspecified atom stereocenters. The number of piperidine rings is 1. The number of nitrogens with one attached hydrogen (secondary N) is 1. The second-order valence-electron chi connectivity index (χ2n) is 6.72. The monoisotopic (exact) mass is 341 g/mol. The minimum absolute atomic E-state index is 0. The summed E-state index contributed by atoms with van der Waals surface area (Å²) in [5, 5.41) is 2.97. The molecule has 0 radical (unpaired) electrons. The molecule has 1 amide bonds. The molecule has 2 rings (SSSR count). The number of carbonyl (C=O) groups excluding carboxylic acids is 1. The Morgan fingerprint density at radius 1 is 1.48 bits per heavy atom. The molecule has 6 heteroatoms. The quantitative estimate of drug-likeness (QED) is 0.857. The number of ether oxygens (including phenoxy) is 1. The van der Waals surface area contributed by atoms with Gasteiger partial charge in [-0.1, -0.05) is 26.0 Å². The first kappa shape index (κ1) is 19.7. The van der Waals surface area contributed by atoms with Gasteiger partial charge in [0.15, 0.2) is 0 Å². The van der Waals surface area contributed by atoms with Crippen LogP contribution in [0.2, 0.25) is 0 Å². The van der Waals surface area contributed by atoms with Gasteiger partial charge in [-0.2, -0.15) is 0 Å². The average molecular weight is 342 g/mol. The van der Waals surface area contributed by atoms with Crippen molar-refractivity contribution in [1.29, 1.82) is 0 Å². The lowest BCUT2D eigenvalue weighted by atomic mass is 9.80. The molecule has 0 bridgehead atoms. The Bertz CT molecular complexity index is 522. The summed E-state index contributed by atoms with van der Waals surface area (Å²) in [5.41, 5.74) is 7.23. The van der Waals surface area contributed by atoms with Crippen LogP contribution in [0.5, 0.6) is 5.75 Å². The number of likely N-dealkylation sites (tertiary alicyclic amines) is 1. The lowest BCUT2D eigenvalue weighted by Crippen LogP contribution is -2.54. The van der Waals surface area contributed by atoms with E-state index in [0.29, 0.717) is 13.1 Å². The molecule has 1 heterocycles. The first-order chi connectivity index (χ1) is 10.4. The molecule has 5 nitrogen and oxygen atoms in total. The van der Waals surface area contributed by atoms with Crippen molar-refractivity contribution in [1.82, 2.24) is 10.2 Å². The summed E-state index contributed by atoms with van der Waals surface area (Å²) in [6.45, 7) is 7.03. The zero-order valence-corrected chi connectivity index (χ0v) is 15.0. The normalized spacial score (nSPS) is 20.4. The fourth-order valence-corrected chi connectivity index (χ4v) is 2.86. The molecule has 1 fully saturated rings. The number of hydrogen-bond acceptors (Lipinski definition) is 4. The van der Waals surface area contributed by atoms with Crippen LogP contribution in [0.4, 0.5) is 0 Å². The van der Waals surface area contributed by atoms with Crippen molar-refractivity contribution in [2.45, 2.75) is 32.9 Å².